The smallest absolute Gasteiger partial charge is 0.264 e. The predicted octanol–water partition coefficient (Wildman–Crippen LogP) is 3.77. The maximum absolute atomic E-state index is 14.8. The van der Waals surface area contributed by atoms with Gasteiger partial charge in [0.25, 0.3) is 5.91 Å². The lowest BCUT2D eigenvalue weighted by molar-refractivity contribution is -0.116. The van der Waals surface area contributed by atoms with Crippen molar-refractivity contribution in [1.29, 1.82) is 0 Å². The topological polar surface area (TPSA) is 95.6 Å². The number of carbonyl (C=O) groups excluding carboxylic acids is 1. The minimum absolute atomic E-state index is 0.0130. The second kappa shape index (κ2) is 11.8. The lowest BCUT2D eigenvalue weighted by atomic mass is 9.84. The fraction of sp³-hybridized carbons (Fsp3) is 0.308. The number of aromatic nitrogens is 3. The quantitative estimate of drug-likeness (QED) is 0.243. The summed E-state index contributed by atoms with van der Waals surface area (Å²) in [5.41, 5.74) is 2.59. The molecule has 1 amide bonds. The molecule has 0 spiro atoms. The first-order valence-corrected chi connectivity index (χ1v) is 12.6. The highest BCUT2D eigenvalue weighted by Gasteiger charge is 2.42. The van der Waals surface area contributed by atoms with Gasteiger partial charge in [0, 0.05) is 41.3 Å². The van der Waals surface area contributed by atoms with Gasteiger partial charge in [-0.05, 0) is 43.5 Å². The molecule has 2 N–H and O–H groups in total. The van der Waals surface area contributed by atoms with Crippen molar-refractivity contribution in [2.45, 2.75) is 38.0 Å². The molecule has 1 fully saturated rings. The summed E-state index contributed by atoms with van der Waals surface area (Å²) in [5.74, 6) is -1.87. The predicted molar refractivity (Wildman–Crippen MR) is 139 cm³/mol. The van der Waals surface area contributed by atoms with Crippen LogP contribution in [0.3, 0.4) is 0 Å². The Labute approximate surface area is 221 Å². The molecule has 1 saturated heterocycles. The van der Waals surface area contributed by atoms with Crippen molar-refractivity contribution in [1.82, 2.24) is 25.1 Å². The van der Waals surface area contributed by atoms with Crippen molar-refractivity contribution in [3.05, 3.63) is 94.0 Å². The van der Waals surface area contributed by atoms with Gasteiger partial charge in [0.05, 0.1) is 12.8 Å². The third kappa shape index (κ3) is 6.73. The average Bonchev–Trinajstić information content (AvgIpc) is 3.37. The molecule has 3 aromatic rings. The molecule has 37 heavy (non-hydrogen) atoms. The van der Waals surface area contributed by atoms with Crippen LogP contribution in [-0.2, 0) is 16.9 Å². The Kier molecular flexibility index (Phi) is 8.57. The van der Waals surface area contributed by atoms with Gasteiger partial charge in [-0.25, -0.2) is 23.9 Å². The number of hydrazone groups is 1. The van der Waals surface area contributed by atoms with Crippen molar-refractivity contribution in [3.63, 3.8) is 0 Å². The van der Waals surface area contributed by atoms with Crippen LogP contribution in [0.25, 0.3) is 0 Å². The van der Waals surface area contributed by atoms with Crippen LogP contribution in [0.5, 0.6) is 0 Å². The average molecular weight is 573 g/mol. The van der Waals surface area contributed by atoms with Crippen LogP contribution in [0, 0.1) is 11.6 Å². The summed E-state index contributed by atoms with van der Waals surface area (Å²) >= 11 is 3.39. The lowest BCUT2D eigenvalue weighted by Crippen LogP contribution is -2.53. The minimum Gasteiger partial charge on any atom is -0.381 e. The molecule has 2 heterocycles. The molecule has 0 bridgehead atoms. The number of piperidine rings is 1. The maximum atomic E-state index is 14.8. The fourth-order valence-corrected chi connectivity index (χ4v) is 4.88. The summed E-state index contributed by atoms with van der Waals surface area (Å²) in [6.07, 6.45) is 7.07. The van der Waals surface area contributed by atoms with Crippen molar-refractivity contribution in [3.8, 4) is 0 Å². The summed E-state index contributed by atoms with van der Waals surface area (Å²) in [5, 5.41) is 19.8. The van der Waals surface area contributed by atoms with Gasteiger partial charge >= 0.3 is 0 Å². The molecule has 1 aliphatic heterocycles. The van der Waals surface area contributed by atoms with Gasteiger partial charge < -0.3 is 5.11 Å². The molecule has 2 atom stereocenters. The first-order valence-electron chi connectivity index (χ1n) is 11.8. The summed E-state index contributed by atoms with van der Waals surface area (Å²) in [6.45, 7) is 2.83. The molecule has 0 saturated carbocycles. The second-order valence-corrected chi connectivity index (χ2v) is 9.86. The van der Waals surface area contributed by atoms with E-state index >= 15 is 0 Å². The molecule has 8 nitrogen and oxygen atoms in total. The van der Waals surface area contributed by atoms with E-state index in [1.807, 2.05) is 29.2 Å². The molecule has 0 aliphatic carbocycles. The minimum atomic E-state index is -1.70. The number of hydrogen-bond acceptors (Lipinski definition) is 6. The van der Waals surface area contributed by atoms with Gasteiger partial charge in [-0.1, -0.05) is 39.7 Å². The van der Waals surface area contributed by atoms with Crippen LogP contribution in [0.1, 0.15) is 30.9 Å². The highest BCUT2D eigenvalue weighted by molar-refractivity contribution is 9.10. The van der Waals surface area contributed by atoms with Crippen LogP contribution in [0.15, 0.2) is 76.3 Å². The van der Waals surface area contributed by atoms with Crippen molar-refractivity contribution in [2.24, 2.45) is 5.10 Å². The molecule has 2 aromatic carbocycles. The molecule has 1 aliphatic rings. The summed E-state index contributed by atoms with van der Waals surface area (Å²) in [7, 11) is 0. The van der Waals surface area contributed by atoms with Gasteiger partial charge in [-0.3, -0.25) is 9.69 Å². The van der Waals surface area contributed by atoms with E-state index in [1.165, 1.54) is 23.4 Å². The van der Waals surface area contributed by atoms with E-state index in [-0.39, 0.29) is 18.0 Å². The van der Waals surface area contributed by atoms with E-state index in [1.54, 1.807) is 19.2 Å². The Morgan fingerprint density at radius 2 is 2.05 bits per heavy atom. The molecule has 1 aromatic heterocycles. The SMILES string of the molecule is C[C@@H](N1CCC(=CC(=O)NN=Cc2cccc(Br)c2)CC1)[C@](O)(Cn1cncn1)c1ccc(F)cc1F. The lowest BCUT2D eigenvalue weighted by Gasteiger charge is -2.43. The number of carbonyl (C=O) groups is 1. The standard InChI is InChI=1S/C26H27BrF2N6O2/c1-18(26(37,15-35-17-30-16-32-35)23-6-5-22(28)13-24(23)29)34-9-7-19(8-10-34)12-25(36)33-31-14-20-3-2-4-21(27)11-20/h2-6,11-14,16-18,37H,7-10,15H2,1H3,(H,33,36)/t18-,26-/m1/s1. The normalized spacial score (nSPS) is 16.9. The molecular formula is C26H27BrF2N6O2. The number of rotatable bonds is 8. The first-order chi connectivity index (χ1) is 17.7. The van der Waals surface area contributed by atoms with Crippen molar-refractivity contribution in [2.75, 3.05) is 13.1 Å². The van der Waals surface area contributed by atoms with Crippen molar-refractivity contribution >= 4 is 28.1 Å². The van der Waals surface area contributed by atoms with Gasteiger partial charge in [-0.2, -0.15) is 10.2 Å². The molecule has 0 unspecified atom stereocenters. The van der Waals surface area contributed by atoms with Gasteiger partial charge in [-0.15, -0.1) is 0 Å². The van der Waals surface area contributed by atoms with Crippen molar-refractivity contribution < 1.29 is 18.7 Å². The van der Waals surface area contributed by atoms with E-state index < -0.39 is 23.3 Å². The number of hydrogen-bond donors (Lipinski definition) is 2. The van der Waals surface area contributed by atoms with Crippen LogP contribution >= 0.6 is 15.9 Å². The van der Waals surface area contributed by atoms with Gasteiger partial charge in [0.2, 0.25) is 0 Å². The monoisotopic (exact) mass is 572 g/mol. The van der Waals surface area contributed by atoms with E-state index in [4.69, 9.17) is 0 Å². The first kappa shape index (κ1) is 26.8. The zero-order valence-electron chi connectivity index (χ0n) is 20.2. The third-order valence-corrected chi connectivity index (χ3v) is 7.01. The van der Waals surface area contributed by atoms with E-state index in [2.05, 4.69) is 36.5 Å². The Morgan fingerprint density at radius 3 is 2.73 bits per heavy atom. The van der Waals surface area contributed by atoms with Gasteiger partial charge in [0.1, 0.15) is 29.9 Å². The molecule has 4 rings (SSSR count). The second-order valence-electron chi connectivity index (χ2n) is 8.95. The number of halogens is 3. The fourth-order valence-electron chi connectivity index (χ4n) is 4.46. The Hall–Kier alpha value is -3.28. The number of nitrogens with zero attached hydrogens (tertiary/aromatic N) is 5. The Balaban J connectivity index is 1.41. The highest BCUT2D eigenvalue weighted by atomic mass is 79.9. The van der Waals surface area contributed by atoms with E-state index in [0.717, 1.165) is 27.7 Å². The number of aliphatic hydroxyl groups is 1. The molecule has 0 radical (unpaired) electrons. The summed E-state index contributed by atoms with van der Waals surface area (Å²) in [4.78, 5) is 18.3. The summed E-state index contributed by atoms with van der Waals surface area (Å²) < 4.78 is 30.7. The van der Waals surface area contributed by atoms with E-state index in [0.29, 0.717) is 25.9 Å². The van der Waals surface area contributed by atoms with Crippen LogP contribution in [-0.4, -0.2) is 56.0 Å². The molecule has 11 heteroatoms. The van der Waals surface area contributed by atoms with Crippen LogP contribution < -0.4 is 5.43 Å². The van der Waals surface area contributed by atoms with E-state index in [9.17, 15) is 18.7 Å². The maximum Gasteiger partial charge on any atom is 0.264 e. The third-order valence-electron chi connectivity index (χ3n) is 6.52. The van der Waals surface area contributed by atoms with Crippen LogP contribution in [0.2, 0.25) is 0 Å². The largest absolute Gasteiger partial charge is 0.381 e. The highest BCUT2D eigenvalue weighted by Crippen LogP contribution is 2.34. The number of nitrogens with one attached hydrogen (secondary N) is 1. The van der Waals surface area contributed by atoms with Gasteiger partial charge in [0.15, 0.2) is 0 Å². The molecule has 194 valence electrons. The number of benzene rings is 2. The Morgan fingerprint density at radius 1 is 1.27 bits per heavy atom. The summed E-state index contributed by atoms with van der Waals surface area (Å²) in [6, 6.07) is 10.2. The Bertz CT molecular complexity index is 1290. The number of amides is 1. The number of likely N-dealkylation sites (tertiary alicyclic amines) is 1. The zero-order chi connectivity index (χ0) is 26.4. The zero-order valence-corrected chi connectivity index (χ0v) is 21.8. The van der Waals surface area contributed by atoms with Crippen LogP contribution in [0.4, 0.5) is 8.78 Å². The molecular weight excluding hydrogens is 546 g/mol.